The molecular weight excluding hydrogens is 428 g/mol. The minimum Gasteiger partial charge on any atom is -0.395 e. The van der Waals surface area contributed by atoms with Crippen molar-refractivity contribution in [3.63, 3.8) is 0 Å². The van der Waals surface area contributed by atoms with Crippen molar-refractivity contribution in [2.24, 2.45) is 10.2 Å². The number of anilines is 1. The van der Waals surface area contributed by atoms with E-state index >= 15 is 0 Å². The largest absolute Gasteiger partial charge is 0.395 e. The van der Waals surface area contributed by atoms with E-state index < -0.39 is 0 Å². The Labute approximate surface area is 202 Å². The molecule has 0 radical (unpaired) electrons. The second-order valence-electron chi connectivity index (χ2n) is 10.0. The Morgan fingerprint density at radius 1 is 1.15 bits per heavy atom. The molecule has 2 aliphatic rings. The van der Waals surface area contributed by atoms with Crippen LogP contribution in [0, 0.1) is 6.92 Å². The molecule has 0 aliphatic carbocycles. The molecule has 0 bridgehead atoms. The van der Waals surface area contributed by atoms with Crippen LogP contribution in [0.1, 0.15) is 54.6 Å². The SMILES string of the molecule is Cc1cc2c(cc1N=Nc1ccc(C(=O)CN3CCOCC3)cc1)C(C)CC(C)(C)N2CCO. The van der Waals surface area contributed by atoms with Gasteiger partial charge in [-0.05, 0) is 80.6 Å². The molecule has 1 N–H and O–H groups in total. The van der Waals surface area contributed by atoms with E-state index in [4.69, 9.17) is 4.74 Å². The molecule has 0 saturated carbocycles. The predicted molar refractivity (Wildman–Crippen MR) is 135 cm³/mol. The van der Waals surface area contributed by atoms with Crippen LogP contribution < -0.4 is 4.90 Å². The third kappa shape index (κ3) is 5.37. The van der Waals surface area contributed by atoms with Gasteiger partial charge in [-0.25, -0.2) is 0 Å². The lowest BCUT2D eigenvalue weighted by atomic mass is 9.79. The number of benzene rings is 2. The lowest BCUT2D eigenvalue weighted by Gasteiger charge is -2.47. The van der Waals surface area contributed by atoms with Gasteiger partial charge in [-0.2, -0.15) is 10.2 Å². The third-order valence-corrected chi connectivity index (χ3v) is 6.96. The molecule has 0 amide bonds. The Hall–Kier alpha value is -2.61. The van der Waals surface area contributed by atoms with Gasteiger partial charge in [-0.1, -0.05) is 6.92 Å². The first-order valence-corrected chi connectivity index (χ1v) is 12.2. The smallest absolute Gasteiger partial charge is 0.176 e. The van der Waals surface area contributed by atoms with Crippen molar-refractivity contribution in [3.05, 3.63) is 53.1 Å². The first-order valence-electron chi connectivity index (χ1n) is 12.2. The van der Waals surface area contributed by atoms with Gasteiger partial charge in [0.05, 0.1) is 37.7 Å². The average molecular weight is 465 g/mol. The van der Waals surface area contributed by atoms with Crippen LogP contribution in [0.2, 0.25) is 0 Å². The number of ether oxygens (including phenoxy) is 1. The molecule has 2 aromatic carbocycles. The Kier molecular flexibility index (Phi) is 7.45. The maximum atomic E-state index is 12.6. The lowest BCUT2D eigenvalue weighted by molar-refractivity contribution is 0.0371. The van der Waals surface area contributed by atoms with Gasteiger partial charge in [0, 0.05) is 36.4 Å². The Morgan fingerprint density at radius 3 is 2.53 bits per heavy atom. The van der Waals surface area contributed by atoms with E-state index in [1.54, 1.807) is 0 Å². The maximum Gasteiger partial charge on any atom is 0.176 e. The molecule has 2 aromatic rings. The summed E-state index contributed by atoms with van der Waals surface area (Å²) in [6.45, 7) is 12.9. The van der Waals surface area contributed by atoms with Crippen LogP contribution in [0.3, 0.4) is 0 Å². The van der Waals surface area contributed by atoms with Gasteiger partial charge in [0.1, 0.15) is 0 Å². The second-order valence-corrected chi connectivity index (χ2v) is 10.0. The lowest BCUT2D eigenvalue weighted by Crippen LogP contribution is -2.49. The zero-order valence-electron chi connectivity index (χ0n) is 20.8. The molecule has 2 heterocycles. The summed E-state index contributed by atoms with van der Waals surface area (Å²) in [6, 6.07) is 11.7. The molecule has 1 fully saturated rings. The van der Waals surface area contributed by atoms with Gasteiger partial charge in [-0.3, -0.25) is 9.69 Å². The Bertz CT molecular complexity index is 1040. The number of azo groups is 1. The summed E-state index contributed by atoms with van der Waals surface area (Å²) in [6.07, 6.45) is 1.01. The second kappa shape index (κ2) is 10.3. The highest BCUT2D eigenvalue weighted by Crippen LogP contribution is 2.45. The molecule has 182 valence electrons. The van der Waals surface area contributed by atoms with Crippen LogP contribution in [0.25, 0.3) is 0 Å². The molecule has 4 rings (SSSR count). The number of Topliss-reactive ketones (excluding diaryl/α,β-unsaturated/α-hetero) is 1. The summed E-state index contributed by atoms with van der Waals surface area (Å²) in [4.78, 5) is 17.0. The number of carbonyl (C=O) groups excluding carboxylic acids is 1. The van der Waals surface area contributed by atoms with Gasteiger partial charge in [0.2, 0.25) is 0 Å². The summed E-state index contributed by atoms with van der Waals surface area (Å²) in [5, 5.41) is 18.6. The van der Waals surface area contributed by atoms with E-state index in [1.807, 2.05) is 31.2 Å². The summed E-state index contributed by atoms with van der Waals surface area (Å²) >= 11 is 0. The van der Waals surface area contributed by atoms with Crippen molar-refractivity contribution in [1.82, 2.24) is 4.90 Å². The maximum absolute atomic E-state index is 12.6. The fraction of sp³-hybridized carbons (Fsp3) is 0.519. The van der Waals surface area contributed by atoms with Crippen molar-refractivity contribution in [2.45, 2.75) is 45.6 Å². The van der Waals surface area contributed by atoms with Crippen molar-refractivity contribution in [1.29, 1.82) is 0 Å². The highest BCUT2D eigenvalue weighted by molar-refractivity contribution is 5.97. The van der Waals surface area contributed by atoms with Crippen LogP contribution in [0.15, 0.2) is 46.6 Å². The zero-order chi connectivity index (χ0) is 24.3. The molecule has 34 heavy (non-hydrogen) atoms. The van der Waals surface area contributed by atoms with E-state index in [9.17, 15) is 9.90 Å². The molecular formula is C27H36N4O3. The monoisotopic (exact) mass is 464 g/mol. The molecule has 0 aromatic heterocycles. The number of carbonyl (C=O) groups is 1. The summed E-state index contributed by atoms with van der Waals surface area (Å²) in [7, 11) is 0. The fourth-order valence-electron chi connectivity index (χ4n) is 5.13. The number of morpholine rings is 1. The highest BCUT2D eigenvalue weighted by atomic mass is 16.5. The van der Waals surface area contributed by atoms with Crippen LogP contribution in [0.4, 0.5) is 17.1 Å². The highest BCUT2D eigenvalue weighted by Gasteiger charge is 2.36. The summed E-state index contributed by atoms with van der Waals surface area (Å²) in [5.41, 5.74) is 5.72. The first kappa shape index (κ1) is 24.5. The summed E-state index contributed by atoms with van der Waals surface area (Å²) < 4.78 is 5.35. The van der Waals surface area contributed by atoms with Gasteiger partial charge in [0.15, 0.2) is 5.78 Å². The number of aliphatic hydroxyl groups excluding tert-OH is 1. The molecule has 1 atom stereocenters. The molecule has 1 saturated heterocycles. The number of rotatable bonds is 7. The summed E-state index contributed by atoms with van der Waals surface area (Å²) in [5.74, 6) is 0.506. The van der Waals surface area contributed by atoms with E-state index in [2.05, 4.69) is 52.9 Å². The van der Waals surface area contributed by atoms with Crippen LogP contribution in [0.5, 0.6) is 0 Å². The predicted octanol–water partition coefficient (Wildman–Crippen LogP) is 5.01. The van der Waals surface area contributed by atoms with E-state index in [0.717, 1.165) is 36.4 Å². The van der Waals surface area contributed by atoms with Crippen LogP contribution >= 0.6 is 0 Å². The quantitative estimate of drug-likeness (QED) is 0.460. The van der Waals surface area contributed by atoms with Crippen molar-refractivity contribution in [2.75, 3.05) is 50.9 Å². The van der Waals surface area contributed by atoms with Gasteiger partial charge < -0.3 is 14.7 Å². The van der Waals surface area contributed by atoms with E-state index in [1.165, 1.54) is 11.3 Å². The van der Waals surface area contributed by atoms with E-state index in [0.29, 0.717) is 37.8 Å². The van der Waals surface area contributed by atoms with Crippen molar-refractivity contribution >= 4 is 22.8 Å². The number of fused-ring (bicyclic) bond motifs is 1. The fourth-order valence-corrected chi connectivity index (χ4v) is 5.13. The van der Waals surface area contributed by atoms with Crippen LogP contribution in [-0.2, 0) is 4.74 Å². The first-order chi connectivity index (χ1) is 16.3. The number of ketones is 1. The standard InChI is InChI=1S/C27H36N4O3/c1-19-15-25-23(20(2)17-27(3,4)31(25)9-12-32)16-24(19)29-28-22-7-5-21(6-8-22)26(33)18-30-10-13-34-14-11-30/h5-8,15-16,20,32H,9-14,17-18H2,1-4H3. The number of nitrogens with zero attached hydrogens (tertiary/aromatic N) is 4. The van der Waals surface area contributed by atoms with Gasteiger partial charge >= 0.3 is 0 Å². The van der Waals surface area contributed by atoms with Gasteiger partial charge in [-0.15, -0.1) is 0 Å². The molecule has 7 nitrogen and oxygen atoms in total. The normalized spacial score (nSPS) is 20.5. The average Bonchev–Trinajstić information content (AvgIpc) is 2.81. The number of aliphatic hydroxyl groups is 1. The van der Waals surface area contributed by atoms with E-state index in [-0.39, 0.29) is 17.9 Å². The Balaban J connectivity index is 1.49. The number of β-amino-alcohol motifs (C(OH)–C–C–N with tert-alkyl or cyclic N) is 1. The Morgan fingerprint density at radius 2 is 1.85 bits per heavy atom. The minimum absolute atomic E-state index is 0.00836. The van der Waals surface area contributed by atoms with Gasteiger partial charge in [0.25, 0.3) is 0 Å². The van der Waals surface area contributed by atoms with Crippen molar-refractivity contribution < 1.29 is 14.6 Å². The minimum atomic E-state index is -0.00836. The topological polar surface area (TPSA) is 77.7 Å². The number of aryl methyl sites for hydroxylation is 1. The molecule has 7 heteroatoms. The number of hydrogen-bond donors (Lipinski definition) is 1. The zero-order valence-corrected chi connectivity index (χ0v) is 20.8. The molecule has 0 spiro atoms. The van der Waals surface area contributed by atoms with Crippen LogP contribution in [-0.4, -0.2) is 67.3 Å². The molecule has 2 aliphatic heterocycles. The third-order valence-electron chi connectivity index (χ3n) is 6.96. The van der Waals surface area contributed by atoms with Crippen molar-refractivity contribution in [3.8, 4) is 0 Å². The molecule has 1 unspecified atom stereocenters. The number of hydrogen-bond acceptors (Lipinski definition) is 7.